The maximum Gasteiger partial charge on any atom is 0.0692 e. The average molecular weight is 428 g/mol. The lowest BCUT2D eigenvalue weighted by Crippen LogP contribution is -2.40. The molecule has 2 fully saturated rings. The zero-order valence-electron chi connectivity index (χ0n) is 19.3. The van der Waals surface area contributed by atoms with Crippen LogP contribution in [-0.2, 0) is 4.74 Å². The highest BCUT2D eigenvalue weighted by Crippen LogP contribution is 2.31. The van der Waals surface area contributed by atoms with Crippen LogP contribution < -0.4 is 5.32 Å². The van der Waals surface area contributed by atoms with E-state index in [1.807, 2.05) is 0 Å². The van der Waals surface area contributed by atoms with E-state index in [4.69, 9.17) is 4.74 Å². The minimum Gasteiger partial charge on any atom is -0.396 e. The van der Waals surface area contributed by atoms with E-state index in [2.05, 4.69) is 5.32 Å². The first-order chi connectivity index (χ1) is 14.7. The third-order valence-corrected chi connectivity index (χ3v) is 7.38. The molecule has 0 heterocycles. The lowest BCUT2D eigenvalue weighted by atomic mass is 9.77. The molecule has 5 heteroatoms. The summed E-state index contributed by atoms with van der Waals surface area (Å²) in [6, 6.07) is 0. The van der Waals surface area contributed by atoms with E-state index >= 15 is 0 Å². The van der Waals surface area contributed by atoms with E-state index < -0.39 is 6.10 Å². The van der Waals surface area contributed by atoms with Crippen molar-refractivity contribution in [2.24, 2.45) is 17.8 Å². The van der Waals surface area contributed by atoms with Gasteiger partial charge in [-0.05, 0) is 56.9 Å². The Balaban J connectivity index is 1.31. The first-order valence-corrected chi connectivity index (χ1v) is 13.0. The van der Waals surface area contributed by atoms with Gasteiger partial charge in [0.2, 0.25) is 0 Å². The van der Waals surface area contributed by atoms with Gasteiger partial charge in [0.15, 0.2) is 0 Å². The fourth-order valence-corrected chi connectivity index (χ4v) is 5.27. The average Bonchev–Trinajstić information content (AvgIpc) is 2.77. The zero-order valence-corrected chi connectivity index (χ0v) is 19.3. The number of hydrogen-bond donors (Lipinski definition) is 4. The van der Waals surface area contributed by atoms with Crippen LogP contribution in [0.1, 0.15) is 96.3 Å². The van der Waals surface area contributed by atoms with Crippen LogP contribution in [0.2, 0.25) is 0 Å². The molecule has 0 aromatic rings. The lowest BCUT2D eigenvalue weighted by molar-refractivity contribution is -0.0157. The summed E-state index contributed by atoms with van der Waals surface area (Å²) in [7, 11) is 0. The molecular formula is C25H49NO4. The summed E-state index contributed by atoms with van der Waals surface area (Å²) in [6.07, 6.45) is 17.4. The number of nitrogens with one attached hydrogen (secondary N) is 1. The molecule has 0 amide bonds. The van der Waals surface area contributed by atoms with Gasteiger partial charge in [-0.15, -0.1) is 0 Å². The standard InChI is InChI=1S/C25H49NO4/c27-20-23-18-22(13-14-24(23)28)25(29)19-26-15-7-1-2-8-16-30-17-9-6-12-21-10-4-3-5-11-21/h21-29H,1-20H2. The Morgan fingerprint density at radius 2 is 1.60 bits per heavy atom. The lowest BCUT2D eigenvalue weighted by Gasteiger charge is -2.34. The number of ether oxygens (including phenoxy) is 1. The van der Waals surface area contributed by atoms with Gasteiger partial charge >= 0.3 is 0 Å². The van der Waals surface area contributed by atoms with Crippen molar-refractivity contribution in [2.45, 2.75) is 109 Å². The fourth-order valence-electron chi connectivity index (χ4n) is 5.27. The van der Waals surface area contributed by atoms with Crippen molar-refractivity contribution in [3.63, 3.8) is 0 Å². The van der Waals surface area contributed by atoms with Crippen LogP contribution in [0.25, 0.3) is 0 Å². The topological polar surface area (TPSA) is 82.0 Å². The van der Waals surface area contributed by atoms with Gasteiger partial charge in [-0.3, -0.25) is 0 Å². The molecule has 2 aliphatic carbocycles. The van der Waals surface area contributed by atoms with E-state index in [0.717, 1.165) is 51.4 Å². The van der Waals surface area contributed by atoms with Crippen LogP contribution in [0, 0.1) is 17.8 Å². The largest absolute Gasteiger partial charge is 0.396 e. The highest BCUT2D eigenvalue weighted by Gasteiger charge is 2.32. The maximum atomic E-state index is 10.4. The first-order valence-electron chi connectivity index (χ1n) is 13.0. The van der Waals surface area contributed by atoms with Crippen molar-refractivity contribution in [1.82, 2.24) is 5.32 Å². The Kier molecular flexibility index (Phi) is 14.3. The summed E-state index contributed by atoms with van der Waals surface area (Å²) in [6.45, 7) is 3.40. The zero-order chi connectivity index (χ0) is 21.4. The van der Waals surface area contributed by atoms with Crippen molar-refractivity contribution in [3.8, 4) is 0 Å². The van der Waals surface area contributed by atoms with Crippen molar-refractivity contribution in [1.29, 1.82) is 0 Å². The molecule has 0 saturated heterocycles. The summed E-state index contributed by atoms with van der Waals surface area (Å²) in [5, 5.41) is 32.9. The minimum atomic E-state index is -0.406. The summed E-state index contributed by atoms with van der Waals surface area (Å²) < 4.78 is 5.79. The molecular weight excluding hydrogens is 378 g/mol. The molecule has 0 bridgehead atoms. The van der Waals surface area contributed by atoms with Gasteiger partial charge in [0, 0.05) is 32.3 Å². The molecule has 0 spiro atoms. The fraction of sp³-hybridized carbons (Fsp3) is 1.00. The Hall–Kier alpha value is -0.200. The second kappa shape index (κ2) is 16.4. The molecule has 4 unspecified atom stereocenters. The third kappa shape index (κ3) is 10.9. The van der Waals surface area contributed by atoms with Crippen molar-refractivity contribution in [3.05, 3.63) is 0 Å². The monoisotopic (exact) mass is 427 g/mol. The van der Waals surface area contributed by atoms with Gasteiger partial charge in [0.25, 0.3) is 0 Å². The molecule has 4 atom stereocenters. The van der Waals surface area contributed by atoms with Crippen LogP contribution in [0.5, 0.6) is 0 Å². The van der Waals surface area contributed by atoms with Crippen molar-refractivity contribution in [2.75, 3.05) is 32.9 Å². The van der Waals surface area contributed by atoms with Gasteiger partial charge in [-0.2, -0.15) is 0 Å². The highest BCUT2D eigenvalue weighted by molar-refractivity contribution is 4.83. The molecule has 2 saturated carbocycles. The van der Waals surface area contributed by atoms with Crippen LogP contribution in [0.3, 0.4) is 0 Å². The van der Waals surface area contributed by atoms with Crippen LogP contribution in [0.15, 0.2) is 0 Å². The van der Waals surface area contributed by atoms with Gasteiger partial charge in [0.1, 0.15) is 0 Å². The minimum absolute atomic E-state index is 0.0159. The SMILES string of the molecule is OCC1CC(C(O)CNCCCCCCOCCCCC2CCCCC2)CCC1O. The molecule has 0 radical (unpaired) electrons. The third-order valence-electron chi connectivity index (χ3n) is 7.38. The van der Waals surface area contributed by atoms with E-state index in [9.17, 15) is 15.3 Å². The maximum absolute atomic E-state index is 10.4. The molecule has 0 aromatic heterocycles. The first kappa shape index (κ1) is 26.1. The Labute approximate surface area is 185 Å². The summed E-state index contributed by atoms with van der Waals surface area (Å²) in [5.41, 5.74) is 0. The molecule has 2 rings (SSSR count). The number of hydrogen-bond acceptors (Lipinski definition) is 5. The van der Waals surface area contributed by atoms with Crippen LogP contribution in [0.4, 0.5) is 0 Å². The normalized spacial score (nSPS) is 26.7. The Bertz CT molecular complexity index is 403. The summed E-state index contributed by atoms with van der Waals surface area (Å²) in [4.78, 5) is 0. The molecule has 178 valence electrons. The van der Waals surface area contributed by atoms with E-state index in [1.54, 1.807) is 0 Å². The second-order valence-electron chi connectivity index (χ2n) is 9.88. The Morgan fingerprint density at radius 3 is 2.37 bits per heavy atom. The van der Waals surface area contributed by atoms with Gasteiger partial charge in [0.05, 0.1) is 12.2 Å². The molecule has 2 aliphatic rings. The van der Waals surface area contributed by atoms with Crippen LogP contribution in [-0.4, -0.2) is 60.4 Å². The molecule has 4 N–H and O–H groups in total. The summed E-state index contributed by atoms with van der Waals surface area (Å²) >= 11 is 0. The number of aliphatic hydroxyl groups is 3. The predicted molar refractivity (Wildman–Crippen MR) is 123 cm³/mol. The highest BCUT2D eigenvalue weighted by atomic mass is 16.5. The number of rotatable bonds is 16. The molecule has 30 heavy (non-hydrogen) atoms. The molecule has 0 aromatic carbocycles. The number of unbranched alkanes of at least 4 members (excludes halogenated alkanes) is 4. The molecule has 5 nitrogen and oxygen atoms in total. The van der Waals surface area contributed by atoms with E-state index in [-0.39, 0.29) is 24.5 Å². The number of aliphatic hydroxyl groups excluding tert-OH is 3. The van der Waals surface area contributed by atoms with E-state index in [0.29, 0.717) is 13.0 Å². The van der Waals surface area contributed by atoms with Crippen molar-refractivity contribution >= 4 is 0 Å². The van der Waals surface area contributed by atoms with Gasteiger partial charge < -0.3 is 25.4 Å². The van der Waals surface area contributed by atoms with Gasteiger partial charge in [-0.25, -0.2) is 0 Å². The quantitative estimate of drug-likeness (QED) is 0.280. The van der Waals surface area contributed by atoms with Gasteiger partial charge in [-0.1, -0.05) is 57.8 Å². The second-order valence-corrected chi connectivity index (χ2v) is 9.88. The summed E-state index contributed by atoms with van der Waals surface area (Å²) in [5.74, 6) is 1.12. The van der Waals surface area contributed by atoms with E-state index in [1.165, 1.54) is 64.2 Å². The predicted octanol–water partition coefficient (Wildman–Crippen LogP) is 4.03. The molecule has 0 aliphatic heterocycles. The van der Waals surface area contributed by atoms with Crippen LogP contribution >= 0.6 is 0 Å². The Morgan fingerprint density at radius 1 is 0.867 bits per heavy atom. The smallest absolute Gasteiger partial charge is 0.0692 e. The van der Waals surface area contributed by atoms with Crippen molar-refractivity contribution < 1.29 is 20.1 Å².